The van der Waals surface area contributed by atoms with Gasteiger partial charge in [-0.15, -0.1) is 0 Å². The maximum atomic E-state index is 5.55. The van der Waals surface area contributed by atoms with Gasteiger partial charge in [-0.3, -0.25) is 0 Å². The van der Waals surface area contributed by atoms with Gasteiger partial charge in [0.05, 0.1) is 6.61 Å². The highest BCUT2D eigenvalue weighted by Gasteiger charge is 1.99. The van der Waals surface area contributed by atoms with E-state index in [9.17, 15) is 0 Å². The third-order valence-corrected chi connectivity index (χ3v) is 2.19. The van der Waals surface area contributed by atoms with Gasteiger partial charge in [0.2, 0.25) is 0 Å². The predicted molar refractivity (Wildman–Crippen MR) is 57.9 cm³/mol. The van der Waals surface area contributed by atoms with E-state index >= 15 is 0 Å². The van der Waals surface area contributed by atoms with Crippen molar-refractivity contribution in [2.45, 2.75) is 20.3 Å². The van der Waals surface area contributed by atoms with Crippen LogP contribution in [0.4, 0.5) is 0 Å². The quantitative estimate of drug-likeness (QED) is 0.671. The van der Waals surface area contributed by atoms with Crippen LogP contribution >= 0.6 is 0 Å². The normalized spacial score (nSPS) is 10.2. The molecule has 14 heavy (non-hydrogen) atoms. The Morgan fingerprint density at radius 2 is 2.00 bits per heavy atom. The number of benzene rings is 1. The fraction of sp³-hybridized carbons (Fsp3) is 0.500. The van der Waals surface area contributed by atoms with E-state index in [2.05, 4.69) is 26.0 Å². The third-order valence-electron chi connectivity index (χ3n) is 2.19. The van der Waals surface area contributed by atoms with Crippen molar-refractivity contribution in [3.05, 3.63) is 29.3 Å². The highest BCUT2D eigenvalue weighted by molar-refractivity contribution is 5.36. The molecule has 0 fully saturated rings. The summed E-state index contributed by atoms with van der Waals surface area (Å²) in [4.78, 5) is 0. The van der Waals surface area contributed by atoms with Crippen LogP contribution in [-0.2, 0) is 11.2 Å². The van der Waals surface area contributed by atoms with Gasteiger partial charge in [0.25, 0.3) is 0 Å². The second-order valence-electron chi connectivity index (χ2n) is 3.29. The van der Waals surface area contributed by atoms with Crippen LogP contribution in [0, 0.1) is 6.92 Å². The lowest BCUT2D eigenvalue weighted by atomic mass is 10.1. The molecular formula is C12H18O2. The SMILES string of the molecule is CCc1ccc(OCCOC)c(C)c1. The molecule has 2 heteroatoms. The largest absolute Gasteiger partial charge is 0.491 e. The average Bonchev–Trinajstić information content (AvgIpc) is 2.20. The second kappa shape index (κ2) is 5.66. The molecule has 1 aromatic carbocycles. The standard InChI is InChI=1S/C12H18O2/c1-4-11-5-6-12(10(2)9-11)14-8-7-13-3/h5-6,9H,4,7-8H2,1-3H3. The lowest BCUT2D eigenvalue weighted by Gasteiger charge is -2.09. The topological polar surface area (TPSA) is 18.5 Å². The molecule has 1 rings (SSSR count). The Bertz CT molecular complexity index is 282. The third kappa shape index (κ3) is 3.04. The van der Waals surface area contributed by atoms with Crippen molar-refractivity contribution in [3.63, 3.8) is 0 Å². The maximum absolute atomic E-state index is 5.55. The highest BCUT2D eigenvalue weighted by Crippen LogP contribution is 2.19. The first kappa shape index (κ1) is 11.1. The van der Waals surface area contributed by atoms with Gasteiger partial charge in [-0.1, -0.05) is 19.1 Å². The Morgan fingerprint density at radius 1 is 1.21 bits per heavy atom. The van der Waals surface area contributed by atoms with Crippen LogP contribution in [0.15, 0.2) is 18.2 Å². The Morgan fingerprint density at radius 3 is 2.57 bits per heavy atom. The first-order valence-corrected chi connectivity index (χ1v) is 4.99. The molecule has 0 saturated heterocycles. The minimum absolute atomic E-state index is 0.614. The van der Waals surface area contributed by atoms with Gasteiger partial charge >= 0.3 is 0 Å². The molecule has 0 aliphatic carbocycles. The summed E-state index contributed by atoms with van der Waals surface area (Å²) in [6.07, 6.45) is 1.07. The van der Waals surface area contributed by atoms with Crippen molar-refractivity contribution in [1.29, 1.82) is 0 Å². The van der Waals surface area contributed by atoms with E-state index in [1.54, 1.807) is 7.11 Å². The lowest BCUT2D eigenvalue weighted by molar-refractivity contribution is 0.146. The van der Waals surface area contributed by atoms with Gasteiger partial charge in [-0.05, 0) is 30.5 Å². The van der Waals surface area contributed by atoms with E-state index < -0.39 is 0 Å². The zero-order valence-corrected chi connectivity index (χ0v) is 9.17. The molecule has 0 radical (unpaired) electrons. The molecule has 2 nitrogen and oxygen atoms in total. The summed E-state index contributed by atoms with van der Waals surface area (Å²) in [5.41, 5.74) is 2.54. The molecule has 0 aliphatic heterocycles. The Labute approximate surface area is 85.8 Å². The molecule has 0 aliphatic rings. The van der Waals surface area contributed by atoms with E-state index in [0.717, 1.165) is 12.2 Å². The highest BCUT2D eigenvalue weighted by atomic mass is 16.5. The Hall–Kier alpha value is -1.02. The van der Waals surface area contributed by atoms with Crippen LogP contribution in [0.1, 0.15) is 18.1 Å². The summed E-state index contributed by atoms with van der Waals surface area (Å²) in [7, 11) is 1.68. The fourth-order valence-electron chi connectivity index (χ4n) is 1.33. The minimum atomic E-state index is 0.614. The van der Waals surface area contributed by atoms with E-state index in [4.69, 9.17) is 9.47 Å². The summed E-state index contributed by atoms with van der Waals surface area (Å²) in [6.45, 7) is 5.47. The second-order valence-corrected chi connectivity index (χ2v) is 3.29. The van der Waals surface area contributed by atoms with Gasteiger partial charge in [0.1, 0.15) is 12.4 Å². The number of methoxy groups -OCH3 is 1. The molecular weight excluding hydrogens is 176 g/mol. The van der Waals surface area contributed by atoms with Crippen LogP contribution in [0.3, 0.4) is 0 Å². The zero-order valence-electron chi connectivity index (χ0n) is 9.17. The average molecular weight is 194 g/mol. The van der Waals surface area contributed by atoms with Crippen LogP contribution in [-0.4, -0.2) is 20.3 Å². The van der Waals surface area contributed by atoms with Crippen molar-refractivity contribution < 1.29 is 9.47 Å². The van der Waals surface area contributed by atoms with Crippen LogP contribution in [0.25, 0.3) is 0 Å². The number of rotatable bonds is 5. The number of aryl methyl sites for hydroxylation is 2. The van der Waals surface area contributed by atoms with Gasteiger partial charge in [0.15, 0.2) is 0 Å². The summed E-state index contributed by atoms with van der Waals surface area (Å²) in [5.74, 6) is 0.958. The molecule has 0 atom stereocenters. The monoisotopic (exact) mass is 194 g/mol. The minimum Gasteiger partial charge on any atom is -0.491 e. The van der Waals surface area contributed by atoms with Crippen LogP contribution in [0.2, 0.25) is 0 Å². The van der Waals surface area contributed by atoms with E-state index in [0.29, 0.717) is 13.2 Å². The number of hydrogen-bond acceptors (Lipinski definition) is 2. The van der Waals surface area contributed by atoms with E-state index in [1.165, 1.54) is 11.1 Å². The van der Waals surface area contributed by atoms with Crippen molar-refractivity contribution in [2.75, 3.05) is 20.3 Å². The predicted octanol–water partition coefficient (Wildman–Crippen LogP) is 2.58. The molecule has 1 aromatic rings. The van der Waals surface area contributed by atoms with Crippen molar-refractivity contribution in [3.8, 4) is 5.75 Å². The number of hydrogen-bond donors (Lipinski definition) is 0. The van der Waals surface area contributed by atoms with Crippen LogP contribution < -0.4 is 4.74 Å². The summed E-state index contributed by atoms with van der Waals surface area (Å²) in [6, 6.07) is 6.31. The van der Waals surface area contributed by atoms with Gasteiger partial charge in [0, 0.05) is 7.11 Å². The summed E-state index contributed by atoms with van der Waals surface area (Å²) in [5, 5.41) is 0. The van der Waals surface area contributed by atoms with E-state index in [-0.39, 0.29) is 0 Å². The molecule has 78 valence electrons. The lowest BCUT2D eigenvalue weighted by Crippen LogP contribution is -2.05. The molecule has 0 aromatic heterocycles. The molecule has 0 bridgehead atoms. The van der Waals surface area contributed by atoms with Crippen molar-refractivity contribution in [2.24, 2.45) is 0 Å². The maximum Gasteiger partial charge on any atom is 0.122 e. The number of ether oxygens (including phenoxy) is 2. The summed E-state index contributed by atoms with van der Waals surface area (Å²) < 4.78 is 10.5. The summed E-state index contributed by atoms with van der Waals surface area (Å²) >= 11 is 0. The van der Waals surface area contributed by atoms with Gasteiger partial charge in [-0.25, -0.2) is 0 Å². The zero-order chi connectivity index (χ0) is 10.4. The molecule has 0 unspecified atom stereocenters. The van der Waals surface area contributed by atoms with E-state index in [1.807, 2.05) is 6.07 Å². The molecule has 0 saturated carbocycles. The first-order chi connectivity index (χ1) is 6.77. The van der Waals surface area contributed by atoms with Crippen molar-refractivity contribution in [1.82, 2.24) is 0 Å². The van der Waals surface area contributed by atoms with Gasteiger partial charge in [-0.2, -0.15) is 0 Å². The molecule has 0 amide bonds. The molecule has 0 heterocycles. The Balaban J connectivity index is 2.59. The fourth-order valence-corrected chi connectivity index (χ4v) is 1.33. The Kier molecular flexibility index (Phi) is 4.47. The first-order valence-electron chi connectivity index (χ1n) is 4.99. The molecule has 0 spiro atoms. The van der Waals surface area contributed by atoms with Crippen LogP contribution in [0.5, 0.6) is 5.75 Å². The smallest absolute Gasteiger partial charge is 0.122 e. The van der Waals surface area contributed by atoms with Gasteiger partial charge < -0.3 is 9.47 Å². The molecule has 0 N–H and O–H groups in total. The van der Waals surface area contributed by atoms with Crippen molar-refractivity contribution >= 4 is 0 Å².